The van der Waals surface area contributed by atoms with Gasteiger partial charge in [-0.05, 0) is 48.6 Å². The van der Waals surface area contributed by atoms with Crippen LogP contribution in [0.3, 0.4) is 0 Å². The molecule has 0 aliphatic heterocycles. The number of hydrogen-bond acceptors (Lipinski definition) is 6. The SMILES string of the molecule is CCCCCC(CC)(CC)Oc1ccccc1O.COc1nnncc1-c1ccccc1. The van der Waals surface area contributed by atoms with E-state index in [1.54, 1.807) is 19.4 Å². The smallest absolute Gasteiger partial charge is 0.244 e. The molecular formula is C26H35N3O3. The van der Waals surface area contributed by atoms with Gasteiger partial charge in [0.05, 0.1) is 18.9 Å². The minimum Gasteiger partial charge on any atom is -0.504 e. The minimum absolute atomic E-state index is 0.131. The van der Waals surface area contributed by atoms with Gasteiger partial charge >= 0.3 is 0 Å². The van der Waals surface area contributed by atoms with E-state index in [1.165, 1.54) is 19.3 Å². The second-order valence-electron chi connectivity index (χ2n) is 7.64. The van der Waals surface area contributed by atoms with Crippen LogP contribution in [0.1, 0.15) is 59.3 Å². The van der Waals surface area contributed by atoms with E-state index in [0.29, 0.717) is 11.6 Å². The number of hydrogen-bond donors (Lipinski definition) is 1. The van der Waals surface area contributed by atoms with Crippen molar-refractivity contribution < 1.29 is 14.6 Å². The zero-order chi connectivity index (χ0) is 23.2. The Morgan fingerprint density at radius 1 is 0.906 bits per heavy atom. The van der Waals surface area contributed by atoms with Gasteiger partial charge in [-0.2, -0.15) is 0 Å². The fourth-order valence-electron chi connectivity index (χ4n) is 3.50. The number of phenolic OH excluding ortho intramolecular Hbond substituents is 1. The number of aromatic nitrogens is 3. The number of para-hydroxylation sites is 2. The third kappa shape index (κ3) is 7.22. The first-order valence-electron chi connectivity index (χ1n) is 11.3. The van der Waals surface area contributed by atoms with Crippen molar-refractivity contribution >= 4 is 0 Å². The maximum atomic E-state index is 9.81. The van der Waals surface area contributed by atoms with E-state index in [-0.39, 0.29) is 11.4 Å². The highest BCUT2D eigenvalue weighted by molar-refractivity contribution is 5.66. The van der Waals surface area contributed by atoms with Gasteiger partial charge in [-0.15, -0.1) is 5.10 Å². The molecule has 6 heteroatoms. The van der Waals surface area contributed by atoms with E-state index in [9.17, 15) is 5.11 Å². The number of methoxy groups -OCH3 is 1. The summed E-state index contributed by atoms with van der Waals surface area (Å²) in [6.45, 7) is 6.54. The van der Waals surface area contributed by atoms with Gasteiger partial charge in [-0.1, -0.05) is 81.2 Å². The third-order valence-electron chi connectivity index (χ3n) is 5.60. The van der Waals surface area contributed by atoms with E-state index in [0.717, 1.165) is 30.4 Å². The standard InChI is InChI=1S/C16H26O2.C10H9N3O/c1-4-7-10-13-16(5-2,6-3)18-15-12-9-8-11-14(15)17;1-14-10-9(7-11-13-12-10)8-5-3-2-4-6-8/h8-9,11-12,17H,4-7,10,13H2,1-3H3;2-7H,1H3. The molecule has 0 radical (unpaired) electrons. The highest BCUT2D eigenvalue weighted by Gasteiger charge is 2.28. The summed E-state index contributed by atoms with van der Waals surface area (Å²) in [5.74, 6) is 1.34. The van der Waals surface area contributed by atoms with Gasteiger partial charge in [0, 0.05) is 0 Å². The lowest BCUT2D eigenvalue weighted by Crippen LogP contribution is -2.34. The number of nitrogens with zero attached hydrogens (tertiary/aromatic N) is 3. The summed E-state index contributed by atoms with van der Waals surface area (Å²) in [5.41, 5.74) is 1.74. The Labute approximate surface area is 191 Å². The van der Waals surface area contributed by atoms with Gasteiger partial charge in [0.2, 0.25) is 5.88 Å². The Hall–Kier alpha value is -3.15. The van der Waals surface area contributed by atoms with Gasteiger partial charge in [0.15, 0.2) is 11.5 Å². The number of aromatic hydroxyl groups is 1. The molecule has 0 unspecified atom stereocenters. The molecule has 32 heavy (non-hydrogen) atoms. The molecule has 1 N–H and O–H groups in total. The fraction of sp³-hybridized carbons (Fsp3) is 0.423. The molecule has 0 spiro atoms. The average molecular weight is 438 g/mol. The summed E-state index contributed by atoms with van der Waals surface area (Å²) in [5, 5.41) is 20.8. The predicted octanol–water partition coefficient (Wildman–Crippen LogP) is 6.46. The average Bonchev–Trinajstić information content (AvgIpc) is 2.85. The number of ether oxygens (including phenoxy) is 2. The minimum atomic E-state index is -0.131. The Kier molecular flexibility index (Phi) is 10.4. The molecule has 0 bridgehead atoms. The molecule has 3 rings (SSSR count). The van der Waals surface area contributed by atoms with Crippen molar-refractivity contribution in [1.29, 1.82) is 0 Å². The molecule has 0 fully saturated rings. The quantitative estimate of drug-likeness (QED) is 0.367. The zero-order valence-corrected chi connectivity index (χ0v) is 19.6. The number of unbranched alkanes of at least 4 members (excludes halogenated alkanes) is 2. The molecule has 0 saturated heterocycles. The lowest BCUT2D eigenvalue weighted by Gasteiger charge is -2.33. The van der Waals surface area contributed by atoms with Crippen molar-refractivity contribution in [2.75, 3.05) is 7.11 Å². The van der Waals surface area contributed by atoms with Gasteiger partial charge in [0.1, 0.15) is 5.60 Å². The summed E-state index contributed by atoms with van der Waals surface area (Å²) in [6, 6.07) is 17.0. The van der Waals surface area contributed by atoms with E-state index in [1.807, 2.05) is 48.5 Å². The van der Waals surface area contributed by atoms with Crippen molar-refractivity contribution in [3.8, 4) is 28.5 Å². The van der Waals surface area contributed by atoms with E-state index in [2.05, 4.69) is 36.2 Å². The molecule has 172 valence electrons. The van der Waals surface area contributed by atoms with E-state index in [4.69, 9.17) is 9.47 Å². The molecule has 0 aliphatic rings. The van der Waals surface area contributed by atoms with Crippen molar-refractivity contribution in [2.45, 2.75) is 64.9 Å². The maximum absolute atomic E-state index is 9.81. The summed E-state index contributed by atoms with van der Waals surface area (Å²) in [4.78, 5) is 0. The Bertz CT molecular complexity index is 915. The van der Waals surface area contributed by atoms with Gasteiger partial charge in [0.25, 0.3) is 0 Å². The van der Waals surface area contributed by atoms with E-state index >= 15 is 0 Å². The molecule has 6 nitrogen and oxygen atoms in total. The van der Waals surface area contributed by atoms with Crippen molar-refractivity contribution in [3.05, 3.63) is 60.8 Å². The van der Waals surface area contributed by atoms with Gasteiger partial charge in [-0.25, -0.2) is 0 Å². The van der Waals surface area contributed by atoms with Gasteiger partial charge in [-0.3, -0.25) is 0 Å². The van der Waals surface area contributed by atoms with E-state index < -0.39 is 0 Å². The Morgan fingerprint density at radius 2 is 1.59 bits per heavy atom. The fourth-order valence-corrected chi connectivity index (χ4v) is 3.50. The molecule has 0 amide bonds. The molecule has 2 aromatic carbocycles. The summed E-state index contributed by atoms with van der Waals surface area (Å²) in [7, 11) is 1.57. The van der Waals surface area contributed by atoms with Crippen molar-refractivity contribution in [1.82, 2.24) is 15.4 Å². The zero-order valence-electron chi connectivity index (χ0n) is 19.6. The molecule has 1 aromatic heterocycles. The van der Waals surface area contributed by atoms with Gasteiger partial charge < -0.3 is 14.6 Å². The molecule has 1 heterocycles. The molecular weight excluding hydrogens is 402 g/mol. The second kappa shape index (κ2) is 13.3. The van der Waals surface area contributed by atoms with Crippen LogP contribution in [0.25, 0.3) is 11.1 Å². The summed E-state index contributed by atoms with van der Waals surface area (Å²) >= 11 is 0. The summed E-state index contributed by atoms with van der Waals surface area (Å²) < 4.78 is 11.2. The van der Waals surface area contributed by atoms with Crippen LogP contribution in [-0.4, -0.2) is 33.2 Å². The topological polar surface area (TPSA) is 77.4 Å². The lowest BCUT2D eigenvalue weighted by molar-refractivity contribution is 0.0456. The first kappa shape index (κ1) is 25.1. The molecule has 0 aliphatic carbocycles. The molecule has 0 saturated carbocycles. The Morgan fingerprint density at radius 3 is 2.22 bits per heavy atom. The van der Waals surface area contributed by atoms with Crippen molar-refractivity contribution in [3.63, 3.8) is 0 Å². The number of rotatable bonds is 10. The Balaban J connectivity index is 0.000000233. The third-order valence-corrected chi connectivity index (χ3v) is 5.60. The molecule has 0 atom stereocenters. The predicted molar refractivity (Wildman–Crippen MR) is 128 cm³/mol. The normalized spacial score (nSPS) is 10.8. The van der Waals surface area contributed by atoms with Crippen LogP contribution in [0.4, 0.5) is 0 Å². The molecule has 3 aromatic rings. The number of benzene rings is 2. The highest BCUT2D eigenvalue weighted by atomic mass is 16.5. The highest BCUT2D eigenvalue weighted by Crippen LogP contribution is 2.34. The van der Waals surface area contributed by atoms with Crippen LogP contribution in [0.5, 0.6) is 17.4 Å². The van der Waals surface area contributed by atoms with Crippen molar-refractivity contribution in [2.24, 2.45) is 0 Å². The number of phenols is 1. The van der Waals surface area contributed by atoms with Crippen LogP contribution in [0, 0.1) is 0 Å². The first-order valence-corrected chi connectivity index (χ1v) is 11.3. The largest absolute Gasteiger partial charge is 0.504 e. The van der Waals surface area contributed by atoms with Crippen LogP contribution >= 0.6 is 0 Å². The van der Waals surface area contributed by atoms with Crippen LogP contribution < -0.4 is 9.47 Å². The van der Waals surface area contributed by atoms with Crippen LogP contribution in [0.2, 0.25) is 0 Å². The second-order valence-corrected chi connectivity index (χ2v) is 7.64. The lowest BCUT2D eigenvalue weighted by atomic mass is 9.90. The summed E-state index contributed by atoms with van der Waals surface area (Å²) in [6.07, 6.45) is 8.30. The maximum Gasteiger partial charge on any atom is 0.244 e. The monoisotopic (exact) mass is 437 g/mol. The van der Waals surface area contributed by atoms with Crippen LogP contribution in [-0.2, 0) is 0 Å². The first-order chi connectivity index (χ1) is 15.6. The van der Waals surface area contributed by atoms with Crippen LogP contribution in [0.15, 0.2) is 60.8 Å².